The van der Waals surface area contributed by atoms with E-state index in [-0.39, 0.29) is 23.7 Å². The van der Waals surface area contributed by atoms with Crippen LogP contribution in [0.5, 0.6) is 0 Å². The van der Waals surface area contributed by atoms with E-state index in [4.69, 9.17) is 4.74 Å². The predicted octanol–water partition coefficient (Wildman–Crippen LogP) is 2.18. The van der Waals surface area contributed by atoms with E-state index in [0.29, 0.717) is 32.0 Å². The van der Waals surface area contributed by atoms with Crippen molar-refractivity contribution in [3.8, 4) is 5.69 Å². The van der Waals surface area contributed by atoms with E-state index < -0.39 is 23.0 Å². The molecule has 3 aromatic rings. The first kappa shape index (κ1) is 22.6. The lowest BCUT2D eigenvalue weighted by atomic mass is 10.0. The molecule has 1 fully saturated rings. The second kappa shape index (κ2) is 9.50. The number of amides is 1. The third kappa shape index (κ3) is 4.63. The fraction of sp³-hybridized carbons (Fsp3) is 0.333. The van der Waals surface area contributed by atoms with Gasteiger partial charge in [0.2, 0.25) is 5.69 Å². The fourth-order valence-corrected chi connectivity index (χ4v) is 3.67. The van der Waals surface area contributed by atoms with Gasteiger partial charge in [0.1, 0.15) is 5.82 Å². The minimum atomic E-state index is -0.852. The van der Waals surface area contributed by atoms with Crippen molar-refractivity contribution in [1.29, 1.82) is 0 Å². The number of rotatable bonds is 5. The molecule has 172 valence electrons. The van der Waals surface area contributed by atoms with Gasteiger partial charge in [-0.3, -0.25) is 14.2 Å². The van der Waals surface area contributed by atoms with Gasteiger partial charge >= 0.3 is 5.69 Å². The first-order valence-corrected chi connectivity index (χ1v) is 10.8. The molecule has 8 nitrogen and oxygen atoms in total. The molecule has 0 aliphatic carbocycles. The zero-order valence-corrected chi connectivity index (χ0v) is 18.5. The lowest BCUT2D eigenvalue weighted by Gasteiger charge is -2.26. The van der Waals surface area contributed by atoms with E-state index >= 15 is 0 Å². The predicted molar refractivity (Wildman–Crippen MR) is 120 cm³/mol. The number of morpholine rings is 1. The van der Waals surface area contributed by atoms with Crippen molar-refractivity contribution in [2.75, 3.05) is 26.3 Å². The molecule has 0 bridgehead atoms. The van der Waals surface area contributed by atoms with Crippen LogP contribution in [0.4, 0.5) is 4.39 Å². The molecular weight excluding hydrogens is 427 g/mol. The quantitative estimate of drug-likeness (QED) is 0.592. The van der Waals surface area contributed by atoms with E-state index in [2.05, 4.69) is 5.10 Å². The molecule has 2 aromatic carbocycles. The van der Waals surface area contributed by atoms with Crippen LogP contribution in [0.15, 0.2) is 58.1 Å². The molecule has 0 radical (unpaired) electrons. The lowest BCUT2D eigenvalue weighted by molar-refractivity contribution is 0.0295. The van der Waals surface area contributed by atoms with Gasteiger partial charge in [0.05, 0.1) is 25.4 Å². The van der Waals surface area contributed by atoms with E-state index in [1.807, 2.05) is 26.0 Å². The Kier molecular flexibility index (Phi) is 6.50. The Labute approximate surface area is 189 Å². The summed E-state index contributed by atoms with van der Waals surface area (Å²) in [5.41, 5.74) is -0.358. The van der Waals surface area contributed by atoms with Crippen LogP contribution in [0.3, 0.4) is 0 Å². The van der Waals surface area contributed by atoms with Crippen LogP contribution in [-0.4, -0.2) is 51.5 Å². The van der Waals surface area contributed by atoms with Crippen LogP contribution in [0.1, 0.15) is 41.4 Å². The van der Waals surface area contributed by atoms with Gasteiger partial charge in [0.25, 0.3) is 11.5 Å². The number of halogens is 1. The maximum absolute atomic E-state index is 14.3. The highest BCUT2D eigenvalue weighted by atomic mass is 19.1. The van der Waals surface area contributed by atoms with Gasteiger partial charge in [-0.2, -0.15) is 9.78 Å². The van der Waals surface area contributed by atoms with Crippen LogP contribution in [0.2, 0.25) is 0 Å². The summed E-state index contributed by atoms with van der Waals surface area (Å²) in [7, 11) is 0. The van der Waals surface area contributed by atoms with Crippen molar-refractivity contribution >= 4 is 5.91 Å². The fourth-order valence-electron chi connectivity index (χ4n) is 3.67. The molecule has 4 rings (SSSR count). The van der Waals surface area contributed by atoms with Crippen molar-refractivity contribution in [1.82, 2.24) is 19.2 Å². The normalized spacial score (nSPS) is 14.0. The number of hydrogen-bond donors (Lipinski definition) is 0. The Balaban J connectivity index is 1.86. The van der Waals surface area contributed by atoms with Crippen molar-refractivity contribution in [3.63, 3.8) is 0 Å². The molecule has 0 unspecified atom stereocenters. The van der Waals surface area contributed by atoms with E-state index in [9.17, 15) is 18.8 Å². The second-order valence-corrected chi connectivity index (χ2v) is 8.18. The highest BCUT2D eigenvalue weighted by Gasteiger charge is 2.26. The zero-order chi connectivity index (χ0) is 23.5. The summed E-state index contributed by atoms with van der Waals surface area (Å²) >= 11 is 0. The Bertz CT molecular complexity index is 1270. The number of carbonyl (C=O) groups is 1. The number of benzene rings is 2. The molecule has 0 atom stereocenters. The summed E-state index contributed by atoms with van der Waals surface area (Å²) in [6.07, 6.45) is 0. The molecule has 1 amide bonds. The lowest BCUT2D eigenvalue weighted by Crippen LogP contribution is -2.48. The van der Waals surface area contributed by atoms with Crippen LogP contribution >= 0.6 is 0 Å². The average Bonchev–Trinajstić information content (AvgIpc) is 2.83. The van der Waals surface area contributed by atoms with Crippen molar-refractivity contribution in [2.45, 2.75) is 26.3 Å². The Morgan fingerprint density at radius 2 is 1.73 bits per heavy atom. The molecule has 1 aromatic heterocycles. The number of carbonyl (C=O) groups excluding carboxylic acids is 1. The van der Waals surface area contributed by atoms with Gasteiger partial charge in [-0.15, -0.1) is 0 Å². The topological polar surface area (TPSA) is 86.4 Å². The number of hydrogen-bond acceptors (Lipinski definition) is 5. The molecule has 33 heavy (non-hydrogen) atoms. The van der Waals surface area contributed by atoms with E-state index in [1.54, 1.807) is 18.2 Å². The Morgan fingerprint density at radius 1 is 1.06 bits per heavy atom. The largest absolute Gasteiger partial charge is 0.378 e. The maximum Gasteiger partial charge on any atom is 0.352 e. The first-order valence-electron chi connectivity index (χ1n) is 10.8. The number of nitrogens with zero attached hydrogens (tertiary/aromatic N) is 4. The third-order valence-electron chi connectivity index (χ3n) is 5.65. The summed E-state index contributed by atoms with van der Waals surface area (Å²) in [4.78, 5) is 41.1. The summed E-state index contributed by atoms with van der Waals surface area (Å²) in [6.45, 7) is 5.11. The molecule has 9 heteroatoms. The SMILES string of the molecule is CC(C)c1ccc(-n2nc(C(=O)N3CCOCC3)c(=O)n(Cc3ccccc3F)c2=O)cc1. The minimum absolute atomic E-state index is 0.161. The summed E-state index contributed by atoms with van der Waals surface area (Å²) in [5.74, 6) is -0.843. The van der Waals surface area contributed by atoms with Crippen LogP contribution in [0.25, 0.3) is 5.69 Å². The van der Waals surface area contributed by atoms with E-state index in [1.165, 1.54) is 23.1 Å². The summed E-state index contributed by atoms with van der Waals surface area (Å²) in [6, 6.07) is 13.0. The Morgan fingerprint density at radius 3 is 2.36 bits per heavy atom. The van der Waals surface area contributed by atoms with Crippen molar-refractivity contribution < 1.29 is 13.9 Å². The van der Waals surface area contributed by atoms with Crippen LogP contribution in [-0.2, 0) is 11.3 Å². The third-order valence-corrected chi connectivity index (χ3v) is 5.65. The van der Waals surface area contributed by atoms with Gasteiger partial charge in [-0.05, 0) is 29.7 Å². The van der Waals surface area contributed by atoms with E-state index in [0.717, 1.165) is 14.8 Å². The van der Waals surface area contributed by atoms with Crippen LogP contribution in [0, 0.1) is 5.82 Å². The molecule has 1 aliphatic heterocycles. The molecule has 1 aliphatic rings. The highest BCUT2D eigenvalue weighted by molar-refractivity contribution is 5.91. The van der Waals surface area contributed by atoms with Crippen LogP contribution < -0.4 is 11.2 Å². The highest BCUT2D eigenvalue weighted by Crippen LogP contribution is 2.16. The standard InChI is InChI=1S/C24H25FN4O4/c1-16(2)17-7-9-19(10-8-17)29-24(32)28(15-18-5-3-4-6-20(18)25)23(31)21(26-29)22(30)27-11-13-33-14-12-27/h3-10,16H,11-15H2,1-2H3. The number of aromatic nitrogens is 3. The molecule has 2 heterocycles. The monoisotopic (exact) mass is 452 g/mol. The Hall–Kier alpha value is -3.59. The molecule has 0 spiro atoms. The minimum Gasteiger partial charge on any atom is -0.378 e. The average molecular weight is 452 g/mol. The van der Waals surface area contributed by atoms with Crippen molar-refractivity contribution in [2.24, 2.45) is 0 Å². The van der Waals surface area contributed by atoms with Gasteiger partial charge in [0.15, 0.2) is 0 Å². The van der Waals surface area contributed by atoms with Gasteiger partial charge in [-0.25, -0.2) is 9.18 Å². The smallest absolute Gasteiger partial charge is 0.352 e. The first-order chi connectivity index (χ1) is 15.9. The summed E-state index contributed by atoms with van der Waals surface area (Å²) < 4.78 is 21.5. The van der Waals surface area contributed by atoms with Gasteiger partial charge in [0, 0.05) is 18.7 Å². The molecule has 0 N–H and O–H groups in total. The maximum atomic E-state index is 14.3. The van der Waals surface area contributed by atoms with Gasteiger partial charge < -0.3 is 9.64 Å². The van der Waals surface area contributed by atoms with Crippen molar-refractivity contribution in [3.05, 3.63) is 92.0 Å². The molecule has 0 saturated carbocycles. The van der Waals surface area contributed by atoms with Gasteiger partial charge in [-0.1, -0.05) is 44.2 Å². The zero-order valence-electron chi connectivity index (χ0n) is 18.5. The summed E-state index contributed by atoms with van der Waals surface area (Å²) in [5, 5.41) is 4.16. The second-order valence-electron chi connectivity index (χ2n) is 8.18. The molecule has 1 saturated heterocycles. The molecular formula is C24H25FN4O4. The number of ether oxygens (including phenoxy) is 1.